The summed E-state index contributed by atoms with van der Waals surface area (Å²) in [7, 11) is 0. The quantitative estimate of drug-likeness (QED) is 0.844. The predicted octanol–water partition coefficient (Wildman–Crippen LogP) is 2.33. The van der Waals surface area contributed by atoms with Crippen molar-refractivity contribution in [1.82, 2.24) is 9.97 Å². The number of nitrogens with two attached hydrogens (primary N) is 1. The van der Waals surface area contributed by atoms with Gasteiger partial charge in [-0.1, -0.05) is 24.3 Å². The van der Waals surface area contributed by atoms with Crippen LogP contribution in [0.15, 0.2) is 36.5 Å². The van der Waals surface area contributed by atoms with Crippen LogP contribution < -0.4 is 15.8 Å². The first-order valence-corrected chi connectivity index (χ1v) is 6.69. The Kier molecular flexibility index (Phi) is 4.90. The van der Waals surface area contributed by atoms with Gasteiger partial charge in [0.25, 0.3) is 0 Å². The first-order valence-electron chi connectivity index (χ1n) is 6.69. The molecule has 0 aliphatic heterocycles. The maximum Gasteiger partial charge on any atom is 0.226 e. The largest absolute Gasteiger partial charge is 0.475 e. The average molecular weight is 272 g/mol. The van der Waals surface area contributed by atoms with Crippen molar-refractivity contribution in [1.29, 1.82) is 0 Å². The third-order valence-electron chi connectivity index (χ3n) is 2.76. The molecular formula is C15H20N4O. The molecule has 0 saturated carbocycles. The van der Waals surface area contributed by atoms with Gasteiger partial charge < -0.3 is 15.8 Å². The van der Waals surface area contributed by atoms with Crippen molar-refractivity contribution in [2.45, 2.75) is 33.0 Å². The second-order valence-corrected chi connectivity index (χ2v) is 4.71. The highest BCUT2D eigenvalue weighted by molar-refractivity contribution is 5.33. The van der Waals surface area contributed by atoms with E-state index in [-0.39, 0.29) is 6.10 Å². The smallest absolute Gasteiger partial charge is 0.226 e. The number of rotatable bonds is 6. The molecule has 0 aliphatic carbocycles. The van der Waals surface area contributed by atoms with E-state index in [0.717, 1.165) is 11.1 Å². The van der Waals surface area contributed by atoms with Crippen molar-refractivity contribution in [3.05, 3.63) is 47.7 Å². The topological polar surface area (TPSA) is 73.1 Å². The van der Waals surface area contributed by atoms with Crippen LogP contribution in [0, 0.1) is 0 Å². The Hall–Kier alpha value is -2.14. The molecule has 1 aromatic carbocycles. The van der Waals surface area contributed by atoms with Gasteiger partial charge in [0.1, 0.15) is 0 Å². The second kappa shape index (κ2) is 6.86. The van der Waals surface area contributed by atoms with E-state index in [1.807, 2.05) is 38.1 Å². The predicted molar refractivity (Wildman–Crippen MR) is 79.5 cm³/mol. The van der Waals surface area contributed by atoms with E-state index in [0.29, 0.717) is 24.9 Å². The van der Waals surface area contributed by atoms with Crippen LogP contribution in [-0.4, -0.2) is 16.1 Å². The molecule has 0 radical (unpaired) electrons. The van der Waals surface area contributed by atoms with Crippen LogP contribution in [0.4, 0.5) is 5.95 Å². The molecule has 106 valence electrons. The lowest BCUT2D eigenvalue weighted by molar-refractivity contribution is 0.232. The molecular weight excluding hydrogens is 252 g/mol. The summed E-state index contributed by atoms with van der Waals surface area (Å²) in [5.41, 5.74) is 7.99. The van der Waals surface area contributed by atoms with E-state index in [4.69, 9.17) is 10.5 Å². The lowest BCUT2D eigenvalue weighted by atomic mass is 10.1. The summed E-state index contributed by atoms with van der Waals surface area (Å²) in [6.45, 7) is 5.09. The molecule has 0 amide bonds. The highest BCUT2D eigenvalue weighted by Crippen LogP contribution is 2.13. The Bertz CT molecular complexity index is 557. The highest BCUT2D eigenvalue weighted by Gasteiger charge is 2.04. The van der Waals surface area contributed by atoms with Gasteiger partial charge in [0.15, 0.2) is 0 Å². The first-order chi connectivity index (χ1) is 9.69. The van der Waals surface area contributed by atoms with Gasteiger partial charge in [-0.2, -0.15) is 4.98 Å². The minimum absolute atomic E-state index is 0.0933. The zero-order valence-corrected chi connectivity index (χ0v) is 11.8. The number of benzene rings is 1. The molecule has 1 heterocycles. The summed E-state index contributed by atoms with van der Waals surface area (Å²) in [4.78, 5) is 8.49. The summed E-state index contributed by atoms with van der Waals surface area (Å²) in [6.07, 6.45) is 1.78. The van der Waals surface area contributed by atoms with Gasteiger partial charge in [-0.15, -0.1) is 0 Å². The monoisotopic (exact) mass is 272 g/mol. The lowest BCUT2D eigenvalue weighted by Gasteiger charge is -2.11. The highest BCUT2D eigenvalue weighted by atomic mass is 16.5. The van der Waals surface area contributed by atoms with Gasteiger partial charge in [0, 0.05) is 25.4 Å². The summed E-state index contributed by atoms with van der Waals surface area (Å²) in [6, 6.07) is 9.80. The van der Waals surface area contributed by atoms with Crippen molar-refractivity contribution in [2.75, 3.05) is 5.32 Å². The zero-order valence-electron chi connectivity index (χ0n) is 11.8. The van der Waals surface area contributed by atoms with Gasteiger partial charge >= 0.3 is 0 Å². The third-order valence-corrected chi connectivity index (χ3v) is 2.76. The normalized spacial score (nSPS) is 10.6. The molecule has 0 aliphatic rings. The van der Waals surface area contributed by atoms with Crippen LogP contribution in [0.2, 0.25) is 0 Å². The lowest BCUT2D eigenvalue weighted by Crippen LogP contribution is -2.10. The van der Waals surface area contributed by atoms with Crippen molar-refractivity contribution in [2.24, 2.45) is 5.73 Å². The van der Waals surface area contributed by atoms with E-state index in [1.165, 1.54) is 0 Å². The Morgan fingerprint density at radius 2 is 1.95 bits per heavy atom. The maximum atomic E-state index is 5.72. The average Bonchev–Trinajstić information content (AvgIpc) is 2.45. The van der Waals surface area contributed by atoms with Gasteiger partial charge in [0.05, 0.1) is 6.10 Å². The van der Waals surface area contributed by atoms with E-state index >= 15 is 0 Å². The van der Waals surface area contributed by atoms with Crippen LogP contribution in [-0.2, 0) is 13.1 Å². The van der Waals surface area contributed by atoms with E-state index < -0.39 is 0 Å². The Labute approximate surface area is 119 Å². The minimum atomic E-state index is 0.0933. The van der Waals surface area contributed by atoms with Gasteiger partial charge in [-0.25, -0.2) is 4.98 Å². The number of hydrogen-bond acceptors (Lipinski definition) is 5. The molecule has 0 spiro atoms. The summed E-state index contributed by atoms with van der Waals surface area (Å²) < 4.78 is 5.54. The van der Waals surface area contributed by atoms with Crippen LogP contribution in [0.3, 0.4) is 0 Å². The van der Waals surface area contributed by atoms with Crippen molar-refractivity contribution in [3.8, 4) is 5.88 Å². The van der Waals surface area contributed by atoms with Crippen molar-refractivity contribution < 1.29 is 4.74 Å². The molecule has 2 rings (SSSR count). The molecule has 0 atom stereocenters. The Morgan fingerprint density at radius 3 is 2.65 bits per heavy atom. The van der Waals surface area contributed by atoms with Crippen LogP contribution >= 0.6 is 0 Å². The fourth-order valence-corrected chi connectivity index (χ4v) is 1.84. The minimum Gasteiger partial charge on any atom is -0.475 e. The van der Waals surface area contributed by atoms with Crippen LogP contribution in [0.1, 0.15) is 25.0 Å². The number of aromatic nitrogens is 2. The summed E-state index contributed by atoms with van der Waals surface area (Å²) in [5, 5.41) is 3.19. The first kappa shape index (κ1) is 14.3. The van der Waals surface area contributed by atoms with E-state index in [2.05, 4.69) is 15.3 Å². The third kappa shape index (κ3) is 3.93. The summed E-state index contributed by atoms with van der Waals surface area (Å²) in [5.74, 6) is 1.12. The number of hydrogen-bond donors (Lipinski definition) is 2. The molecule has 0 fully saturated rings. The van der Waals surface area contributed by atoms with Gasteiger partial charge in [-0.05, 0) is 25.0 Å². The van der Waals surface area contributed by atoms with E-state index in [1.54, 1.807) is 12.3 Å². The Morgan fingerprint density at radius 1 is 1.20 bits per heavy atom. The molecule has 0 unspecified atom stereocenters. The standard InChI is InChI=1S/C15H20N4O/c1-11(2)20-14-7-8-17-15(19-14)18-10-13-6-4-3-5-12(13)9-16/h3-8,11H,9-10,16H2,1-2H3,(H,17,18,19). The number of nitrogens with one attached hydrogen (secondary N) is 1. The molecule has 5 nitrogen and oxygen atoms in total. The molecule has 1 aromatic heterocycles. The zero-order chi connectivity index (χ0) is 14.4. The molecule has 20 heavy (non-hydrogen) atoms. The molecule has 2 aromatic rings. The molecule has 3 N–H and O–H groups in total. The van der Waals surface area contributed by atoms with Crippen molar-refractivity contribution >= 4 is 5.95 Å². The van der Waals surface area contributed by atoms with E-state index in [9.17, 15) is 0 Å². The SMILES string of the molecule is CC(C)Oc1ccnc(NCc2ccccc2CN)n1. The fourth-order valence-electron chi connectivity index (χ4n) is 1.84. The maximum absolute atomic E-state index is 5.72. The summed E-state index contributed by atoms with van der Waals surface area (Å²) >= 11 is 0. The number of nitrogens with zero attached hydrogens (tertiary/aromatic N) is 2. The molecule has 0 bridgehead atoms. The Balaban J connectivity index is 2.03. The van der Waals surface area contributed by atoms with Crippen LogP contribution in [0.25, 0.3) is 0 Å². The van der Waals surface area contributed by atoms with Gasteiger partial charge in [0.2, 0.25) is 11.8 Å². The molecule has 5 heteroatoms. The van der Waals surface area contributed by atoms with Crippen molar-refractivity contribution in [3.63, 3.8) is 0 Å². The van der Waals surface area contributed by atoms with Gasteiger partial charge in [-0.3, -0.25) is 0 Å². The van der Waals surface area contributed by atoms with Crippen LogP contribution in [0.5, 0.6) is 5.88 Å². The number of ether oxygens (including phenoxy) is 1. The number of anilines is 1. The second-order valence-electron chi connectivity index (χ2n) is 4.71. The fraction of sp³-hybridized carbons (Fsp3) is 0.333. The molecule has 0 saturated heterocycles.